The molecule has 0 aromatic carbocycles. The minimum absolute atomic E-state index is 0.0139. The Labute approximate surface area is 298 Å². The summed E-state index contributed by atoms with van der Waals surface area (Å²) < 4.78 is 56.4. The van der Waals surface area contributed by atoms with Crippen molar-refractivity contribution < 1.29 is 56.2 Å². The van der Waals surface area contributed by atoms with E-state index in [0.717, 1.165) is 37.7 Å². The van der Waals surface area contributed by atoms with Crippen LogP contribution in [-0.2, 0) is 56.2 Å². The van der Waals surface area contributed by atoms with Crippen LogP contribution in [0.5, 0.6) is 0 Å². The third kappa shape index (κ3) is 7.33. The number of esters is 3. The molecule has 284 valence electrons. The fraction of sp³-hybridized carbons (Fsp3) is 0.833. The lowest BCUT2D eigenvalue weighted by atomic mass is 9.44. The summed E-state index contributed by atoms with van der Waals surface area (Å²) in [6, 6.07) is 0. The molecule has 0 aliphatic heterocycles. The van der Waals surface area contributed by atoms with Gasteiger partial charge in [-0.2, -0.15) is 0 Å². The van der Waals surface area contributed by atoms with Crippen molar-refractivity contribution in [3.05, 3.63) is 11.6 Å². The molecule has 50 heavy (non-hydrogen) atoms. The maximum Gasteiger partial charge on any atom is 0.370 e. The molecule has 0 amide bonds. The molecule has 14 heteroatoms. The lowest BCUT2D eigenvalue weighted by Crippen LogP contribution is -2.69. The monoisotopic (exact) mass is 742 g/mol. The van der Waals surface area contributed by atoms with Gasteiger partial charge in [0.25, 0.3) is 5.85 Å². The van der Waals surface area contributed by atoms with Crippen molar-refractivity contribution in [3.8, 4) is 0 Å². The first-order valence-corrected chi connectivity index (χ1v) is 23.2. The Morgan fingerprint density at radius 3 is 2.04 bits per heavy atom. The summed E-state index contributed by atoms with van der Waals surface area (Å²) in [4.78, 5) is 52.8. The fourth-order valence-electron chi connectivity index (χ4n) is 9.80. The molecule has 0 N–H and O–H groups in total. The van der Waals surface area contributed by atoms with E-state index < -0.39 is 56.9 Å². The molecule has 10 atom stereocenters. The van der Waals surface area contributed by atoms with Gasteiger partial charge in [-0.1, -0.05) is 18.6 Å². The predicted molar refractivity (Wildman–Crippen MR) is 188 cm³/mol. The first-order chi connectivity index (χ1) is 23.2. The van der Waals surface area contributed by atoms with Gasteiger partial charge >= 0.3 is 25.5 Å². The van der Waals surface area contributed by atoms with Crippen molar-refractivity contribution in [3.63, 3.8) is 0 Å². The van der Waals surface area contributed by atoms with Crippen LogP contribution in [0.1, 0.15) is 93.9 Å². The van der Waals surface area contributed by atoms with Crippen LogP contribution in [0.25, 0.3) is 0 Å². The molecule has 0 aromatic heterocycles. The number of hydrogen-bond acceptors (Lipinski definition) is 12. The Morgan fingerprint density at radius 2 is 1.52 bits per heavy atom. The van der Waals surface area contributed by atoms with Gasteiger partial charge in [0.15, 0.2) is 19.7 Å². The van der Waals surface area contributed by atoms with Crippen LogP contribution < -0.4 is 0 Å². The molecular formula is C36H59O12PSi. The third-order valence-electron chi connectivity index (χ3n) is 11.6. The van der Waals surface area contributed by atoms with Crippen molar-refractivity contribution >= 4 is 39.6 Å². The number of carbonyl (C=O) groups is 4. The number of Topliss-reactive ketones (excluding diaryl/α,β-unsaturated/α-hetero) is 1. The Morgan fingerprint density at radius 1 is 0.900 bits per heavy atom. The molecule has 3 fully saturated rings. The van der Waals surface area contributed by atoms with Gasteiger partial charge in [-0.05, 0) is 116 Å². The maximum atomic E-state index is 14.5. The molecule has 0 saturated heterocycles. The van der Waals surface area contributed by atoms with Gasteiger partial charge < -0.3 is 32.4 Å². The van der Waals surface area contributed by atoms with Crippen LogP contribution in [-0.4, -0.2) is 81.6 Å². The van der Waals surface area contributed by atoms with Crippen LogP contribution in [0.3, 0.4) is 0 Å². The molecule has 0 aromatic rings. The standard InChI is InChI=1S/C36H59O12PSi/c1-12-42-32(40)33(49(41,43-13-2)44-14-3)47-31-21-29-27-16-15-25-19-26(45-23(5)38)17-18-34(25,7)28(27)20-30(46-24(6)39)35(29,8)36(31,22(4)37)48-50(9,10)11/h21,25-28,30-31,33H,12-20H2,1-11H3/t25-,26-,27+,28-,30+,31-,33?,34-,35+,36+/m0/s1. The molecule has 0 radical (unpaired) electrons. The Bertz CT molecular complexity index is 1380. The van der Waals surface area contributed by atoms with Crippen molar-refractivity contribution in [1.29, 1.82) is 0 Å². The average molecular weight is 743 g/mol. The first-order valence-electron chi connectivity index (χ1n) is 18.2. The summed E-state index contributed by atoms with van der Waals surface area (Å²) in [7, 11) is -6.92. The number of rotatable bonds is 14. The van der Waals surface area contributed by atoms with Gasteiger partial charge in [0.1, 0.15) is 18.3 Å². The lowest BCUT2D eigenvalue weighted by Gasteiger charge is -2.62. The molecule has 4 aliphatic carbocycles. The Kier molecular flexibility index (Phi) is 12.4. The van der Waals surface area contributed by atoms with E-state index in [4.69, 9.17) is 32.4 Å². The van der Waals surface area contributed by atoms with Crippen LogP contribution in [0.4, 0.5) is 0 Å². The van der Waals surface area contributed by atoms with Gasteiger partial charge in [0, 0.05) is 13.8 Å². The fourth-order valence-corrected chi connectivity index (χ4v) is 12.9. The van der Waals surface area contributed by atoms with Crippen LogP contribution in [0, 0.1) is 28.6 Å². The summed E-state index contributed by atoms with van der Waals surface area (Å²) in [6.07, 6.45) is 4.21. The van der Waals surface area contributed by atoms with Gasteiger partial charge in [-0.3, -0.25) is 18.9 Å². The van der Waals surface area contributed by atoms with Gasteiger partial charge in [-0.25, -0.2) is 4.79 Å². The molecule has 1 unspecified atom stereocenters. The van der Waals surface area contributed by atoms with Crippen molar-refractivity contribution in [2.24, 2.45) is 28.6 Å². The largest absolute Gasteiger partial charge is 0.464 e. The Balaban J connectivity index is 1.93. The van der Waals surface area contributed by atoms with Crippen molar-refractivity contribution in [1.82, 2.24) is 0 Å². The molecule has 4 rings (SSSR count). The molecule has 0 spiro atoms. The van der Waals surface area contributed by atoms with Crippen LogP contribution >= 0.6 is 7.60 Å². The average Bonchev–Trinajstić information content (AvgIpc) is 3.24. The normalized spacial score (nSPS) is 35.9. The number of ketones is 1. The van der Waals surface area contributed by atoms with Crippen LogP contribution in [0.15, 0.2) is 11.6 Å². The SMILES string of the molecule is CCOC(=O)C(O[C@H]1C=C2[C@@H]3CC[C@H]4C[C@@H](OC(C)=O)CC[C@]4(C)[C@H]3C[C@@H](OC(C)=O)[C@]2(C)[C@@]1(O[Si](C)(C)C)C(C)=O)P(=O)(OCC)OCC. The van der Waals surface area contributed by atoms with E-state index >= 15 is 0 Å². The summed E-state index contributed by atoms with van der Waals surface area (Å²) in [5.41, 5.74) is -2.23. The quantitative estimate of drug-likeness (QED) is 0.0609. The summed E-state index contributed by atoms with van der Waals surface area (Å²) in [5.74, 6) is -3.55. The second kappa shape index (κ2) is 15.2. The van der Waals surface area contributed by atoms with Crippen molar-refractivity contribution in [2.45, 2.75) is 143 Å². The van der Waals surface area contributed by atoms with E-state index in [9.17, 15) is 23.7 Å². The molecule has 0 heterocycles. The zero-order valence-corrected chi connectivity index (χ0v) is 33.7. The second-order valence-corrected chi connectivity index (χ2v) is 22.2. The molecule has 12 nitrogen and oxygen atoms in total. The van der Waals surface area contributed by atoms with Gasteiger partial charge in [-0.15, -0.1) is 0 Å². The number of fused-ring (bicyclic) bond motifs is 5. The smallest absolute Gasteiger partial charge is 0.370 e. The van der Waals surface area contributed by atoms with Crippen LogP contribution in [0.2, 0.25) is 19.6 Å². The summed E-state index contributed by atoms with van der Waals surface area (Å²) in [5, 5.41) is 0. The van der Waals surface area contributed by atoms with E-state index in [1.807, 2.05) is 32.6 Å². The molecular weight excluding hydrogens is 683 g/mol. The highest BCUT2D eigenvalue weighted by Gasteiger charge is 2.73. The zero-order valence-electron chi connectivity index (χ0n) is 31.8. The van der Waals surface area contributed by atoms with Gasteiger partial charge in [0.2, 0.25) is 0 Å². The van der Waals surface area contributed by atoms with Crippen molar-refractivity contribution in [2.75, 3.05) is 19.8 Å². The number of hydrogen-bond donors (Lipinski definition) is 0. The third-order valence-corrected chi connectivity index (χ3v) is 14.6. The minimum Gasteiger partial charge on any atom is -0.464 e. The highest BCUT2D eigenvalue weighted by Crippen LogP contribution is 2.69. The molecule has 0 bridgehead atoms. The predicted octanol–water partition coefficient (Wildman–Crippen LogP) is 6.75. The minimum atomic E-state index is -4.28. The summed E-state index contributed by atoms with van der Waals surface area (Å²) >= 11 is 0. The van der Waals surface area contributed by atoms with E-state index in [0.29, 0.717) is 6.42 Å². The topological polar surface area (TPSA) is 150 Å². The van der Waals surface area contributed by atoms with Gasteiger partial charge in [0.05, 0.1) is 25.2 Å². The maximum absolute atomic E-state index is 14.5. The first kappa shape index (κ1) is 40.9. The van der Waals surface area contributed by atoms with E-state index in [-0.39, 0.29) is 60.8 Å². The molecule has 3 saturated carbocycles. The number of carbonyl (C=O) groups excluding carboxylic acids is 4. The second-order valence-electron chi connectivity index (χ2n) is 15.7. The lowest BCUT2D eigenvalue weighted by molar-refractivity contribution is -0.204. The van der Waals surface area contributed by atoms with E-state index in [1.54, 1.807) is 20.8 Å². The summed E-state index contributed by atoms with van der Waals surface area (Å²) in [6.45, 7) is 19.2. The van der Waals surface area contributed by atoms with E-state index in [1.165, 1.54) is 20.8 Å². The Hall–Kier alpha value is -1.89. The highest BCUT2D eigenvalue weighted by atomic mass is 31.2. The number of ether oxygens (including phenoxy) is 4. The van der Waals surface area contributed by atoms with E-state index in [2.05, 4.69) is 6.92 Å². The zero-order chi connectivity index (χ0) is 37.4. The highest BCUT2D eigenvalue weighted by molar-refractivity contribution is 7.55. The molecule has 4 aliphatic rings.